The summed E-state index contributed by atoms with van der Waals surface area (Å²) in [6.07, 6.45) is -4.54. The lowest BCUT2D eigenvalue weighted by Crippen LogP contribution is -2.29. The maximum absolute atomic E-state index is 12.7. The van der Waals surface area contributed by atoms with Crippen LogP contribution in [0.2, 0.25) is 10.3 Å². The Morgan fingerprint density at radius 3 is 2.19 bits per heavy atom. The van der Waals surface area contributed by atoms with Crippen molar-refractivity contribution in [3.8, 4) is 17.6 Å². The second-order valence-electron chi connectivity index (χ2n) is 10.7. The number of alkyl halides is 3. The molecule has 0 aliphatic carbocycles. The summed E-state index contributed by atoms with van der Waals surface area (Å²) in [4.78, 5) is 60.2. The number of nitrogens with one attached hydrogen (secondary N) is 4. The number of carboxylic acid groups (broad SMARTS) is 1. The molecule has 54 heavy (non-hydrogen) atoms. The number of nitro benzene ring substituents is 1. The summed E-state index contributed by atoms with van der Waals surface area (Å²) >= 11 is 11.5. The van der Waals surface area contributed by atoms with Crippen molar-refractivity contribution in [3.63, 3.8) is 0 Å². The number of sulfonamides is 1. The van der Waals surface area contributed by atoms with Crippen molar-refractivity contribution in [2.24, 2.45) is 0 Å². The number of ether oxygens (including phenoxy) is 1. The van der Waals surface area contributed by atoms with Gasteiger partial charge in [0.2, 0.25) is 27.2 Å². The van der Waals surface area contributed by atoms with E-state index in [0.717, 1.165) is 24.3 Å². The van der Waals surface area contributed by atoms with Gasteiger partial charge in [0.05, 0.1) is 40.7 Å². The van der Waals surface area contributed by atoms with Crippen molar-refractivity contribution in [3.05, 3.63) is 67.9 Å². The van der Waals surface area contributed by atoms with E-state index in [1.54, 1.807) is 18.6 Å². The highest BCUT2D eigenvalue weighted by atomic mass is 35.5. The zero-order chi connectivity index (χ0) is 41.7. The zero-order valence-electron chi connectivity index (χ0n) is 28.2. The third kappa shape index (κ3) is 18.2. The number of halogens is 5. The van der Waals surface area contributed by atoms with Crippen LogP contribution < -0.4 is 25.4 Å². The van der Waals surface area contributed by atoms with Crippen LogP contribution in [0, 0.1) is 21.4 Å². The van der Waals surface area contributed by atoms with Crippen LogP contribution in [0.25, 0.3) is 0 Å². The maximum atomic E-state index is 12.7. The summed E-state index contributed by atoms with van der Waals surface area (Å²) < 4.78 is 77.3. The minimum absolute atomic E-state index is 0.0854. The van der Waals surface area contributed by atoms with Gasteiger partial charge in [0.15, 0.2) is 0 Å². The number of rotatable bonds is 13. The monoisotopic (exact) mass is 847 g/mol. The molecule has 0 aliphatic rings. The van der Waals surface area contributed by atoms with E-state index in [9.17, 15) is 45.9 Å². The molecule has 1 aromatic heterocycles. The molecular formula is C27H31Cl2F3N9O11PS. The Kier molecular flexibility index (Phi) is 17.4. The number of aliphatic carboxylic acids is 1. The molecule has 0 saturated carbocycles. The van der Waals surface area contributed by atoms with Gasteiger partial charge < -0.3 is 30.3 Å². The number of nitro groups is 1. The molecule has 2 aromatic carbocycles. The molecule has 3 aromatic rings. The topological polar surface area (TPSA) is 309 Å². The Hall–Kier alpha value is -4.89. The molecule has 7 N–H and O–H groups in total. The van der Waals surface area contributed by atoms with Gasteiger partial charge >= 0.3 is 19.7 Å². The lowest BCUT2D eigenvalue weighted by molar-refractivity contribution is -0.385. The van der Waals surface area contributed by atoms with Gasteiger partial charge in [0.25, 0.3) is 11.6 Å². The van der Waals surface area contributed by atoms with E-state index in [4.69, 9.17) is 48.1 Å². The fourth-order valence-electron chi connectivity index (χ4n) is 3.29. The van der Waals surface area contributed by atoms with E-state index in [1.165, 1.54) is 0 Å². The summed E-state index contributed by atoms with van der Waals surface area (Å²) in [7, 11) is -8.10. The number of hydrogen-bond acceptors (Lipinski definition) is 15. The Labute approximate surface area is 314 Å². The first-order valence-corrected chi connectivity index (χ1v) is 18.8. The zero-order valence-corrected chi connectivity index (χ0v) is 31.4. The number of carboxylic acids is 1. The fourth-order valence-corrected chi connectivity index (χ4v) is 4.52. The van der Waals surface area contributed by atoms with Crippen molar-refractivity contribution in [1.29, 1.82) is 5.26 Å². The predicted octanol–water partition coefficient (Wildman–Crippen LogP) is 4.22. The van der Waals surface area contributed by atoms with E-state index in [1.807, 2.05) is 6.92 Å². The lowest BCUT2D eigenvalue weighted by atomic mass is 10.1. The fraction of sp³-hybridized carbons (Fsp3) is 0.333. The van der Waals surface area contributed by atoms with Crippen LogP contribution in [0.15, 0.2) is 36.4 Å². The highest BCUT2D eigenvalue weighted by molar-refractivity contribution is 7.89. The van der Waals surface area contributed by atoms with Gasteiger partial charge in [-0.25, -0.2) is 13.1 Å². The van der Waals surface area contributed by atoms with Crippen LogP contribution in [0.5, 0.6) is 11.5 Å². The molecule has 27 heteroatoms. The van der Waals surface area contributed by atoms with E-state index < -0.39 is 80.8 Å². The molecule has 0 fully saturated rings. The smallest absolute Gasteiger partial charge is 0.416 e. The van der Waals surface area contributed by atoms with Gasteiger partial charge in [0, 0.05) is 18.7 Å². The predicted molar refractivity (Wildman–Crippen MR) is 187 cm³/mol. The summed E-state index contributed by atoms with van der Waals surface area (Å²) in [5.74, 6) is -2.16. The lowest BCUT2D eigenvalue weighted by Gasteiger charge is -2.17. The van der Waals surface area contributed by atoms with Gasteiger partial charge in [-0.3, -0.25) is 29.6 Å². The standard InChI is InChI=1S/C15H10ClF3N2O6S.C9H13ClN6.C3H8NO5P/c1-28(25,26)20-14(22)10-7-9(3-4-12(10)21(23)24)27-13-5-2-8(6-11(13)16)15(17,18)19;1-4-12-7-13-6(10)14-8(15-7)16-9(2,3)5-11;5-3(6)1-4-2-10(7,8)9/h2-7H,1H3,(H,20,22);4H2,1-3H3,(H2,12,13,14,15,16);4H,1-2H2,(H,5,6)(H2,7,8,9). The van der Waals surface area contributed by atoms with Gasteiger partial charge in [-0.2, -0.15) is 33.4 Å². The second kappa shape index (κ2) is 20.0. The molecule has 0 unspecified atom stereocenters. The minimum Gasteiger partial charge on any atom is -0.480 e. The summed E-state index contributed by atoms with van der Waals surface area (Å²) in [6.45, 7) is 5.60. The van der Waals surface area contributed by atoms with Crippen LogP contribution in [0.4, 0.5) is 30.8 Å². The van der Waals surface area contributed by atoms with Crippen LogP contribution in [0.1, 0.15) is 36.7 Å². The highest BCUT2D eigenvalue weighted by Crippen LogP contribution is 2.37. The highest BCUT2D eigenvalue weighted by Gasteiger charge is 2.31. The third-order valence-corrected chi connectivity index (χ3v) is 7.07. The quantitative estimate of drug-likeness (QED) is 0.0719. The molecule has 296 valence electrons. The normalized spacial score (nSPS) is 11.4. The van der Waals surface area contributed by atoms with Crippen molar-refractivity contribution in [1.82, 2.24) is 25.0 Å². The number of carbonyl (C=O) groups excluding carboxylic acids is 1. The first kappa shape index (κ1) is 47.1. The van der Waals surface area contributed by atoms with Gasteiger partial charge in [0.1, 0.15) is 22.6 Å². The van der Waals surface area contributed by atoms with Crippen LogP contribution in [-0.4, -0.2) is 86.2 Å². The number of aromatic nitrogens is 3. The van der Waals surface area contributed by atoms with Crippen LogP contribution in [-0.2, 0) is 25.6 Å². The average Bonchev–Trinajstić information content (AvgIpc) is 3.00. The number of benzene rings is 2. The second-order valence-corrected chi connectivity index (χ2v) is 14.8. The van der Waals surface area contributed by atoms with Crippen molar-refractivity contribution >= 4 is 70.3 Å². The van der Waals surface area contributed by atoms with Crippen molar-refractivity contribution < 1.29 is 60.3 Å². The van der Waals surface area contributed by atoms with Crippen LogP contribution in [0.3, 0.4) is 0 Å². The molecule has 0 bridgehead atoms. The average molecular weight is 849 g/mol. The van der Waals surface area contributed by atoms with E-state index in [2.05, 4.69) is 37.0 Å². The SMILES string of the molecule is CCNc1nc(Cl)nc(NC(C)(C)C#N)n1.CS(=O)(=O)NC(=O)c1cc(Oc2ccc(C(F)(F)F)cc2Cl)ccc1[N+](=O)[O-].O=C(O)CNCP(=O)(O)O. The molecule has 20 nitrogen and oxygen atoms in total. The van der Waals surface area contributed by atoms with E-state index >= 15 is 0 Å². The molecular weight excluding hydrogens is 817 g/mol. The summed E-state index contributed by atoms with van der Waals surface area (Å²) in [5.41, 5.74) is -3.10. The molecule has 3 rings (SSSR count). The molecule has 0 atom stereocenters. The Bertz CT molecular complexity index is 2030. The van der Waals surface area contributed by atoms with Crippen molar-refractivity contribution in [2.75, 3.05) is 36.3 Å². The summed E-state index contributed by atoms with van der Waals surface area (Å²) in [6, 6.07) is 7.18. The van der Waals surface area contributed by atoms with Gasteiger partial charge in [-0.15, -0.1) is 0 Å². The van der Waals surface area contributed by atoms with E-state index in [-0.39, 0.29) is 22.7 Å². The molecule has 0 spiro atoms. The molecule has 1 heterocycles. The van der Waals surface area contributed by atoms with Gasteiger partial charge in [-0.1, -0.05) is 11.6 Å². The first-order chi connectivity index (χ1) is 24.7. The van der Waals surface area contributed by atoms with Crippen LogP contribution >= 0.6 is 30.8 Å². The first-order valence-electron chi connectivity index (χ1n) is 14.3. The largest absolute Gasteiger partial charge is 0.480 e. The Morgan fingerprint density at radius 1 is 1.09 bits per heavy atom. The number of nitriles is 1. The number of nitrogens with zero attached hydrogens (tertiary/aromatic N) is 5. The molecule has 1 amide bonds. The van der Waals surface area contributed by atoms with E-state index in [0.29, 0.717) is 30.9 Å². The third-order valence-electron chi connectivity index (χ3n) is 5.42. The Morgan fingerprint density at radius 2 is 1.70 bits per heavy atom. The van der Waals surface area contributed by atoms with Gasteiger partial charge in [-0.05, 0) is 56.6 Å². The minimum atomic E-state index is -4.62. The molecule has 0 aliphatic heterocycles. The molecule has 0 saturated heterocycles. The maximum Gasteiger partial charge on any atom is 0.416 e. The number of carbonyl (C=O) groups is 2. The van der Waals surface area contributed by atoms with Crippen molar-refractivity contribution in [2.45, 2.75) is 32.5 Å². The number of anilines is 2. The molecule has 0 radical (unpaired) electrons. The Balaban J connectivity index is 0.000000470. The number of amides is 1. The number of hydrogen-bond donors (Lipinski definition) is 7. The summed E-state index contributed by atoms with van der Waals surface area (Å²) in [5, 5.41) is 35.5.